The summed E-state index contributed by atoms with van der Waals surface area (Å²) in [7, 11) is 1.60. The highest BCUT2D eigenvalue weighted by Gasteiger charge is 2.22. The van der Waals surface area contributed by atoms with E-state index in [1.807, 2.05) is 37.3 Å². The fourth-order valence-electron chi connectivity index (χ4n) is 4.29. The molecule has 39 heavy (non-hydrogen) atoms. The second-order valence-electron chi connectivity index (χ2n) is 8.78. The number of aromatic nitrogens is 5. The Balaban J connectivity index is 1.52. The fourth-order valence-corrected chi connectivity index (χ4v) is 4.93. The highest BCUT2D eigenvalue weighted by atomic mass is 35.5. The van der Waals surface area contributed by atoms with Crippen molar-refractivity contribution in [2.75, 3.05) is 7.11 Å². The lowest BCUT2D eigenvalue weighted by atomic mass is 10.1. The standard InChI is InChI=1S/C28H24Cl2N6O3/c1-3-22-24-26(33-23(34-28(24)38)11-16-6-4-8-19(10-16)39-2)36(35-22)25-20(29)12-18(13-21(25)30)27(37)32-15-17-7-5-9-31-14-17/h4-10,12-14H,3,11,15H2,1-2H3,(H,32,37)(H,33,34,38). The van der Waals surface area contributed by atoms with E-state index in [1.165, 1.54) is 16.8 Å². The third kappa shape index (κ3) is 5.50. The molecule has 11 heteroatoms. The average molecular weight is 563 g/mol. The van der Waals surface area contributed by atoms with E-state index in [1.54, 1.807) is 25.6 Å². The molecular weight excluding hydrogens is 539 g/mol. The molecule has 2 N–H and O–H groups in total. The molecule has 0 unspecified atom stereocenters. The molecule has 0 radical (unpaired) electrons. The van der Waals surface area contributed by atoms with Crippen molar-refractivity contribution in [1.29, 1.82) is 0 Å². The van der Waals surface area contributed by atoms with Crippen LogP contribution in [0.15, 0.2) is 65.7 Å². The molecule has 1 amide bonds. The predicted octanol–water partition coefficient (Wildman–Crippen LogP) is 4.90. The molecule has 0 saturated carbocycles. The van der Waals surface area contributed by atoms with Crippen LogP contribution >= 0.6 is 23.2 Å². The molecule has 0 spiro atoms. The molecule has 0 saturated heterocycles. The second kappa shape index (κ2) is 11.3. The highest BCUT2D eigenvalue weighted by molar-refractivity contribution is 6.38. The monoisotopic (exact) mass is 562 g/mol. The van der Waals surface area contributed by atoms with Gasteiger partial charge in [-0.2, -0.15) is 5.10 Å². The van der Waals surface area contributed by atoms with Crippen molar-refractivity contribution in [1.82, 2.24) is 30.0 Å². The van der Waals surface area contributed by atoms with E-state index < -0.39 is 0 Å². The molecule has 5 aromatic rings. The van der Waals surface area contributed by atoms with E-state index in [-0.39, 0.29) is 27.1 Å². The number of nitrogens with zero attached hydrogens (tertiary/aromatic N) is 4. The summed E-state index contributed by atoms with van der Waals surface area (Å²) < 4.78 is 6.78. The first-order chi connectivity index (χ1) is 18.9. The number of benzene rings is 2. The Morgan fingerprint density at radius 2 is 1.87 bits per heavy atom. The topological polar surface area (TPSA) is 115 Å². The smallest absolute Gasteiger partial charge is 0.262 e. The first-order valence-corrected chi connectivity index (χ1v) is 12.9. The van der Waals surface area contributed by atoms with Gasteiger partial charge >= 0.3 is 0 Å². The molecule has 5 rings (SSSR count). The van der Waals surface area contributed by atoms with Crippen molar-refractivity contribution >= 4 is 40.1 Å². The van der Waals surface area contributed by atoms with E-state index >= 15 is 0 Å². The zero-order valence-corrected chi connectivity index (χ0v) is 22.7. The van der Waals surface area contributed by atoms with Gasteiger partial charge in [-0.25, -0.2) is 9.67 Å². The Morgan fingerprint density at radius 1 is 1.10 bits per heavy atom. The van der Waals surface area contributed by atoms with E-state index in [2.05, 4.69) is 20.4 Å². The van der Waals surface area contributed by atoms with Crippen molar-refractivity contribution in [3.05, 3.63) is 110 Å². The number of nitrogens with one attached hydrogen (secondary N) is 2. The molecule has 0 bridgehead atoms. The van der Waals surface area contributed by atoms with Crippen LogP contribution < -0.4 is 15.6 Å². The summed E-state index contributed by atoms with van der Waals surface area (Å²) in [5, 5.41) is 8.20. The highest BCUT2D eigenvalue weighted by Crippen LogP contribution is 2.32. The van der Waals surface area contributed by atoms with Crippen LogP contribution in [0.4, 0.5) is 0 Å². The van der Waals surface area contributed by atoms with Crippen LogP contribution in [0, 0.1) is 0 Å². The van der Waals surface area contributed by atoms with Crippen LogP contribution in [0.5, 0.6) is 5.75 Å². The van der Waals surface area contributed by atoms with E-state index in [4.69, 9.17) is 32.9 Å². The van der Waals surface area contributed by atoms with E-state index in [0.717, 1.165) is 11.1 Å². The maximum Gasteiger partial charge on any atom is 0.262 e. The van der Waals surface area contributed by atoms with Crippen molar-refractivity contribution in [3.63, 3.8) is 0 Å². The number of carbonyl (C=O) groups excluding carboxylic acids is 1. The molecule has 2 aromatic carbocycles. The van der Waals surface area contributed by atoms with Gasteiger partial charge in [0.05, 0.1) is 22.8 Å². The maximum atomic E-state index is 13.1. The number of H-pyrrole nitrogens is 1. The van der Waals surface area contributed by atoms with Gasteiger partial charge in [-0.05, 0) is 47.9 Å². The Hall–Kier alpha value is -4.21. The van der Waals surface area contributed by atoms with Crippen molar-refractivity contribution < 1.29 is 9.53 Å². The van der Waals surface area contributed by atoms with E-state index in [9.17, 15) is 9.59 Å². The first kappa shape index (κ1) is 26.4. The number of amides is 1. The van der Waals surface area contributed by atoms with Gasteiger partial charge in [0.2, 0.25) is 0 Å². The molecule has 0 aliphatic rings. The average Bonchev–Trinajstić information content (AvgIpc) is 3.30. The number of aromatic amines is 1. The zero-order valence-electron chi connectivity index (χ0n) is 21.2. The third-order valence-corrected chi connectivity index (χ3v) is 6.74. The second-order valence-corrected chi connectivity index (χ2v) is 9.60. The molecule has 198 valence electrons. The van der Waals surface area contributed by atoms with Gasteiger partial charge in [0.1, 0.15) is 22.6 Å². The summed E-state index contributed by atoms with van der Waals surface area (Å²) in [4.78, 5) is 37.6. The van der Waals surface area contributed by atoms with E-state index in [0.29, 0.717) is 53.4 Å². The third-order valence-electron chi connectivity index (χ3n) is 6.17. The molecule has 3 aromatic heterocycles. The number of hydrogen-bond acceptors (Lipinski definition) is 6. The van der Waals surface area contributed by atoms with Crippen molar-refractivity contribution in [2.45, 2.75) is 26.3 Å². The number of carbonyl (C=O) groups is 1. The number of rotatable bonds is 8. The minimum absolute atomic E-state index is 0.192. The fraction of sp³-hybridized carbons (Fsp3) is 0.179. The van der Waals surface area contributed by atoms with Gasteiger partial charge < -0.3 is 15.0 Å². The Labute approximate surface area is 233 Å². The molecule has 0 fully saturated rings. The largest absolute Gasteiger partial charge is 0.497 e. The molecule has 0 aliphatic carbocycles. The predicted molar refractivity (Wildman–Crippen MR) is 150 cm³/mol. The molecule has 0 atom stereocenters. The maximum absolute atomic E-state index is 13.1. The lowest BCUT2D eigenvalue weighted by Gasteiger charge is -2.12. The van der Waals surface area contributed by atoms with Crippen LogP contribution in [0.2, 0.25) is 10.0 Å². The minimum Gasteiger partial charge on any atom is -0.497 e. The molecular formula is C28H24Cl2N6O3. The van der Waals surface area contributed by atoms with Crippen LogP contribution in [0.3, 0.4) is 0 Å². The lowest BCUT2D eigenvalue weighted by molar-refractivity contribution is 0.0951. The van der Waals surface area contributed by atoms with Gasteiger partial charge in [0.15, 0.2) is 5.65 Å². The SMILES string of the molecule is CCc1nn(-c2c(Cl)cc(C(=O)NCc3cccnc3)cc2Cl)c2nc(Cc3cccc(OC)c3)[nH]c(=O)c12. The van der Waals surface area contributed by atoms with Crippen LogP contribution in [0.25, 0.3) is 16.7 Å². The normalized spacial score (nSPS) is 11.1. The number of methoxy groups -OCH3 is 1. The van der Waals surface area contributed by atoms with Gasteiger partial charge in [0.25, 0.3) is 11.5 Å². The summed E-state index contributed by atoms with van der Waals surface area (Å²) in [5.41, 5.74) is 2.96. The molecule has 9 nitrogen and oxygen atoms in total. The number of pyridine rings is 1. The minimum atomic E-state index is -0.344. The van der Waals surface area contributed by atoms with Gasteiger partial charge in [-0.1, -0.05) is 48.3 Å². The number of aryl methyl sites for hydroxylation is 1. The Morgan fingerprint density at radius 3 is 2.56 bits per heavy atom. The number of halogens is 2. The van der Waals surface area contributed by atoms with Crippen molar-refractivity contribution in [3.8, 4) is 11.4 Å². The summed E-state index contributed by atoms with van der Waals surface area (Å²) in [6.07, 6.45) is 4.20. The van der Waals surface area contributed by atoms with Gasteiger partial charge in [-0.15, -0.1) is 0 Å². The summed E-state index contributed by atoms with van der Waals surface area (Å²) in [6, 6.07) is 14.2. The number of fused-ring (bicyclic) bond motifs is 1. The first-order valence-electron chi connectivity index (χ1n) is 12.2. The van der Waals surface area contributed by atoms with Gasteiger partial charge in [-0.3, -0.25) is 14.6 Å². The summed E-state index contributed by atoms with van der Waals surface area (Å²) in [5.74, 6) is 0.810. The Kier molecular flexibility index (Phi) is 7.63. The Bertz CT molecular complexity index is 1710. The van der Waals surface area contributed by atoms with Crippen LogP contribution in [-0.4, -0.2) is 37.7 Å². The lowest BCUT2D eigenvalue weighted by Crippen LogP contribution is -2.23. The molecule has 0 aliphatic heterocycles. The van der Waals surface area contributed by atoms with Crippen LogP contribution in [0.1, 0.15) is 39.9 Å². The van der Waals surface area contributed by atoms with Gasteiger partial charge in [0, 0.05) is 30.9 Å². The summed E-state index contributed by atoms with van der Waals surface area (Å²) in [6.45, 7) is 2.20. The summed E-state index contributed by atoms with van der Waals surface area (Å²) >= 11 is 13.3. The zero-order chi connectivity index (χ0) is 27.5. The number of ether oxygens (including phenoxy) is 1. The quantitative estimate of drug-likeness (QED) is 0.278. The molecule has 3 heterocycles. The number of hydrogen-bond donors (Lipinski definition) is 2. The van der Waals surface area contributed by atoms with Crippen molar-refractivity contribution in [2.24, 2.45) is 0 Å². The van der Waals surface area contributed by atoms with Crippen LogP contribution in [-0.2, 0) is 19.4 Å².